The molecular formula is C15H22N2O. The van der Waals surface area contributed by atoms with Crippen LogP contribution in [0.1, 0.15) is 36.5 Å². The molecule has 1 aliphatic carbocycles. The topological polar surface area (TPSA) is 32.3 Å². The van der Waals surface area contributed by atoms with Gasteiger partial charge in [0.15, 0.2) is 0 Å². The summed E-state index contributed by atoms with van der Waals surface area (Å²) in [5.74, 6) is 0.105. The van der Waals surface area contributed by atoms with Crippen molar-refractivity contribution in [3.05, 3.63) is 34.9 Å². The maximum Gasteiger partial charge on any atom is 0.219 e. The van der Waals surface area contributed by atoms with Gasteiger partial charge in [-0.3, -0.25) is 4.79 Å². The number of rotatable bonds is 5. The average Bonchev–Trinajstić information content (AvgIpc) is 3.13. The van der Waals surface area contributed by atoms with E-state index in [1.54, 1.807) is 11.8 Å². The van der Waals surface area contributed by atoms with Gasteiger partial charge in [0.1, 0.15) is 0 Å². The summed E-state index contributed by atoms with van der Waals surface area (Å²) in [6, 6.07) is 7.19. The lowest BCUT2D eigenvalue weighted by Gasteiger charge is -2.16. The Morgan fingerprint density at radius 3 is 2.78 bits per heavy atom. The van der Waals surface area contributed by atoms with Gasteiger partial charge in [0.05, 0.1) is 0 Å². The second-order valence-electron chi connectivity index (χ2n) is 5.29. The fourth-order valence-electron chi connectivity index (χ4n) is 1.94. The maximum absolute atomic E-state index is 11.2. The molecule has 18 heavy (non-hydrogen) atoms. The molecule has 0 radical (unpaired) electrons. The van der Waals surface area contributed by atoms with Crippen LogP contribution in [0, 0.1) is 6.92 Å². The first-order chi connectivity index (χ1) is 8.56. The van der Waals surface area contributed by atoms with Gasteiger partial charge in [-0.05, 0) is 36.5 Å². The van der Waals surface area contributed by atoms with Gasteiger partial charge >= 0.3 is 0 Å². The van der Waals surface area contributed by atoms with E-state index in [1.807, 2.05) is 7.05 Å². The Balaban J connectivity index is 2.02. The monoisotopic (exact) mass is 246 g/mol. The number of amides is 1. The fraction of sp³-hybridized carbons (Fsp3) is 0.533. The summed E-state index contributed by atoms with van der Waals surface area (Å²) >= 11 is 0. The quantitative estimate of drug-likeness (QED) is 0.864. The van der Waals surface area contributed by atoms with Gasteiger partial charge in [0.2, 0.25) is 5.91 Å². The molecule has 1 aromatic carbocycles. The number of hydrogen-bond acceptors (Lipinski definition) is 2. The van der Waals surface area contributed by atoms with Crippen LogP contribution >= 0.6 is 0 Å². The third-order valence-corrected chi connectivity index (χ3v) is 3.53. The fourth-order valence-corrected chi connectivity index (χ4v) is 1.94. The van der Waals surface area contributed by atoms with Gasteiger partial charge in [-0.15, -0.1) is 0 Å². The largest absolute Gasteiger partial charge is 0.342 e. The molecule has 1 aliphatic rings. The standard InChI is InChI=1S/C15H22N2O/c1-11-4-5-13(10-17(3)12(2)18)8-14(11)9-16-15-6-7-15/h4-5,8,15-16H,6-7,9-10H2,1-3H3. The summed E-state index contributed by atoms with van der Waals surface area (Å²) in [7, 11) is 1.84. The molecule has 0 bridgehead atoms. The first-order valence-corrected chi connectivity index (χ1v) is 6.60. The van der Waals surface area contributed by atoms with E-state index in [4.69, 9.17) is 0 Å². The Labute approximate surface area is 109 Å². The van der Waals surface area contributed by atoms with Crippen molar-refractivity contribution < 1.29 is 4.79 Å². The van der Waals surface area contributed by atoms with Gasteiger partial charge in [-0.25, -0.2) is 0 Å². The molecule has 0 aromatic heterocycles. The molecule has 0 unspecified atom stereocenters. The third kappa shape index (κ3) is 3.57. The van der Waals surface area contributed by atoms with E-state index in [0.717, 1.165) is 12.6 Å². The van der Waals surface area contributed by atoms with Crippen LogP contribution in [0.4, 0.5) is 0 Å². The SMILES string of the molecule is CC(=O)N(C)Cc1ccc(C)c(CNC2CC2)c1. The van der Waals surface area contributed by atoms with Crippen LogP contribution < -0.4 is 5.32 Å². The van der Waals surface area contributed by atoms with E-state index >= 15 is 0 Å². The van der Waals surface area contributed by atoms with Crippen LogP contribution in [-0.4, -0.2) is 23.9 Å². The number of carbonyl (C=O) groups is 1. The van der Waals surface area contributed by atoms with Crippen molar-refractivity contribution in [2.24, 2.45) is 0 Å². The summed E-state index contributed by atoms with van der Waals surface area (Å²) in [6.45, 7) is 5.37. The summed E-state index contributed by atoms with van der Waals surface area (Å²) in [5.41, 5.74) is 3.86. The van der Waals surface area contributed by atoms with Crippen molar-refractivity contribution >= 4 is 5.91 Å². The molecule has 1 aromatic rings. The molecule has 1 fully saturated rings. The molecule has 0 heterocycles. The predicted molar refractivity (Wildman–Crippen MR) is 73.2 cm³/mol. The minimum atomic E-state index is 0.105. The zero-order valence-electron chi connectivity index (χ0n) is 11.5. The highest BCUT2D eigenvalue weighted by Crippen LogP contribution is 2.20. The second kappa shape index (κ2) is 5.53. The lowest BCUT2D eigenvalue weighted by molar-refractivity contribution is -0.128. The van der Waals surface area contributed by atoms with Crippen molar-refractivity contribution in [3.8, 4) is 0 Å². The van der Waals surface area contributed by atoms with Crippen molar-refractivity contribution in [2.45, 2.75) is 45.8 Å². The van der Waals surface area contributed by atoms with Crippen molar-refractivity contribution in [2.75, 3.05) is 7.05 Å². The average molecular weight is 246 g/mol. The minimum absolute atomic E-state index is 0.105. The van der Waals surface area contributed by atoms with E-state index in [1.165, 1.54) is 29.5 Å². The van der Waals surface area contributed by atoms with E-state index in [0.29, 0.717) is 6.54 Å². The molecule has 98 valence electrons. The number of nitrogens with zero attached hydrogens (tertiary/aromatic N) is 1. The normalized spacial score (nSPS) is 14.6. The van der Waals surface area contributed by atoms with Crippen LogP contribution in [0.2, 0.25) is 0 Å². The summed E-state index contributed by atoms with van der Waals surface area (Å²) in [6.07, 6.45) is 2.62. The number of nitrogens with one attached hydrogen (secondary N) is 1. The first kappa shape index (κ1) is 13.1. The Kier molecular flexibility index (Phi) is 4.02. The zero-order chi connectivity index (χ0) is 13.1. The van der Waals surface area contributed by atoms with Gasteiger partial charge in [0, 0.05) is 33.1 Å². The van der Waals surface area contributed by atoms with E-state index < -0.39 is 0 Å². The molecular weight excluding hydrogens is 224 g/mol. The Morgan fingerprint density at radius 1 is 1.44 bits per heavy atom. The molecule has 1 N–H and O–H groups in total. The lowest BCUT2D eigenvalue weighted by atomic mass is 10.0. The summed E-state index contributed by atoms with van der Waals surface area (Å²) in [5, 5.41) is 3.54. The Hall–Kier alpha value is -1.35. The van der Waals surface area contributed by atoms with Crippen LogP contribution in [0.5, 0.6) is 0 Å². The zero-order valence-corrected chi connectivity index (χ0v) is 11.5. The minimum Gasteiger partial charge on any atom is -0.342 e. The molecule has 3 heteroatoms. The second-order valence-corrected chi connectivity index (χ2v) is 5.29. The van der Waals surface area contributed by atoms with Gasteiger partial charge in [-0.2, -0.15) is 0 Å². The van der Waals surface area contributed by atoms with E-state index in [2.05, 4.69) is 30.4 Å². The Morgan fingerprint density at radius 2 is 2.17 bits per heavy atom. The highest BCUT2D eigenvalue weighted by atomic mass is 16.2. The molecule has 1 saturated carbocycles. The Bertz CT molecular complexity index is 438. The maximum atomic E-state index is 11.2. The van der Waals surface area contributed by atoms with Gasteiger partial charge in [0.25, 0.3) is 0 Å². The smallest absolute Gasteiger partial charge is 0.219 e. The van der Waals surface area contributed by atoms with Crippen LogP contribution in [-0.2, 0) is 17.9 Å². The van der Waals surface area contributed by atoms with Gasteiger partial charge < -0.3 is 10.2 Å². The molecule has 0 spiro atoms. The molecule has 3 nitrogen and oxygen atoms in total. The number of carbonyl (C=O) groups excluding carboxylic acids is 1. The molecule has 0 saturated heterocycles. The van der Waals surface area contributed by atoms with Crippen molar-refractivity contribution in [3.63, 3.8) is 0 Å². The van der Waals surface area contributed by atoms with Crippen LogP contribution in [0.25, 0.3) is 0 Å². The third-order valence-electron chi connectivity index (χ3n) is 3.53. The number of benzene rings is 1. The molecule has 1 amide bonds. The molecule has 2 rings (SSSR count). The number of aryl methyl sites for hydroxylation is 1. The molecule has 0 aliphatic heterocycles. The van der Waals surface area contributed by atoms with Crippen LogP contribution in [0.15, 0.2) is 18.2 Å². The highest BCUT2D eigenvalue weighted by Gasteiger charge is 2.20. The van der Waals surface area contributed by atoms with E-state index in [9.17, 15) is 4.79 Å². The van der Waals surface area contributed by atoms with Crippen molar-refractivity contribution in [1.29, 1.82) is 0 Å². The van der Waals surface area contributed by atoms with Crippen LogP contribution in [0.3, 0.4) is 0 Å². The number of hydrogen-bond donors (Lipinski definition) is 1. The summed E-state index contributed by atoms with van der Waals surface area (Å²) < 4.78 is 0. The van der Waals surface area contributed by atoms with Crippen molar-refractivity contribution in [1.82, 2.24) is 10.2 Å². The van der Waals surface area contributed by atoms with E-state index in [-0.39, 0.29) is 5.91 Å². The lowest BCUT2D eigenvalue weighted by Crippen LogP contribution is -2.23. The predicted octanol–water partition coefficient (Wildman–Crippen LogP) is 2.23. The first-order valence-electron chi connectivity index (χ1n) is 6.60. The molecule has 0 atom stereocenters. The summed E-state index contributed by atoms with van der Waals surface area (Å²) in [4.78, 5) is 13.0. The van der Waals surface area contributed by atoms with Gasteiger partial charge in [-0.1, -0.05) is 18.2 Å². The highest BCUT2D eigenvalue weighted by molar-refractivity contribution is 5.72.